The predicted octanol–water partition coefficient (Wildman–Crippen LogP) is 6.08. The van der Waals surface area contributed by atoms with Crippen LogP contribution in [-0.4, -0.2) is 19.0 Å². The van der Waals surface area contributed by atoms with E-state index in [0.29, 0.717) is 10.6 Å². The Labute approximate surface area is 194 Å². The molecule has 5 heteroatoms. The van der Waals surface area contributed by atoms with E-state index in [1.807, 2.05) is 56.3 Å². The highest BCUT2D eigenvalue weighted by Gasteiger charge is 2.43. The van der Waals surface area contributed by atoms with Crippen molar-refractivity contribution < 1.29 is 9.18 Å². The van der Waals surface area contributed by atoms with Crippen LogP contribution >= 0.6 is 11.6 Å². The third-order valence-electron chi connectivity index (χ3n) is 7.15. The minimum absolute atomic E-state index is 0.0237. The molecule has 0 radical (unpaired) electrons. The zero-order valence-electron chi connectivity index (χ0n) is 18.8. The molecule has 1 heterocycles. The molecule has 32 heavy (non-hydrogen) atoms. The van der Waals surface area contributed by atoms with Crippen molar-refractivity contribution in [2.75, 3.05) is 13.1 Å². The largest absolute Gasteiger partial charge is 0.349 e. The van der Waals surface area contributed by atoms with Crippen LogP contribution in [0.25, 0.3) is 10.8 Å². The van der Waals surface area contributed by atoms with Crippen LogP contribution in [0, 0.1) is 18.7 Å². The van der Waals surface area contributed by atoms with Crippen LogP contribution in [0.3, 0.4) is 0 Å². The number of rotatable bonds is 5. The Kier molecular flexibility index (Phi) is 6.55. The summed E-state index contributed by atoms with van der Waals surface area (Å²) in [7, 11) is 0. The first-order valence-electron chi connectivity index (χ1n) is 11.3. The van der Waals surface area contributed by atoms with Gasteiger partial charge < -0.3 is 10.6 Å². The lowest BCUT2D eigenvalue weighted by Crippen LogP contribution is -2.49. The Morgan fingerprint density at radius 1 is 1.09 bits per heavy atom. The predicted molar refractivity (Wildman–Crippen MR) is 130 cm³/mol. The van der Waals surface area contributed by atoms with Gasteiger partial charge in [-0.2, -0.15) is 0 Å². The molecule has 1 saturated heterocycles. The molecule has 0 aliphatic carbocycles. The average molecular weight is 453 g/mol. The van der Waals surface area contributed by atoms with E-state index in [1.54, 1.807) is 13.0 Å². The second-order valence-electron chi connectivity index (χ2n) is 9.04. The summed E-state index contributed by atoms with van der Waals surface area (Å²) in [5, 5.41) is 9.38. The first kappa shape index (κ1) is 22.8. The van der Waals surface area contributed by atoms with E-state index >= 15 is 0 Å². The molecular formula is C27H30ClFN2O. The SMILES string of the molecule is Cc1ccc(C2(C(C)C(=O)NC(C)c3cc(Cl)cc4ccccc34)CCNCC2)cc1F. The molecule has 3 aromatic rings. The Morgan fingerprint density at radius 2 is 1.81 bits per heavy atom. The Bertz CT molecular complexity index is 1140. The van der Waals surface area contributed by atoms with Gasteiger partial charge in [-0.25, -0.2) is 4.39 Å². The van der Waals surface area contributed by atoms with E-state index in [1.165, 1.54) is 0 Å². The molecule has 0 aromatic heterocycles. The summed E-state index contributed by atoms with van der Waals surface area (Å²) in [4.78, 5) is 13.5. The number of hydrogen-bond acceptors (Lipinski definition) is 2. The number of halogens is 2. The Balaban J connectivity index is 1.63. The van der Waals surface area contributed by atoms with Crippen molar-refractivity contribution in [3.8, 4) is 0 Å². The summed E-state index contributed by atoms with van der Waals surface area (Å²) in [5.41, 5.74) is 2.12. The van der Waals surface area contributed by atoms with Crippen LogP contribution in [0.1, 0.15) is 49.4 Å². The fraction of sp³-hybridized carbons (Fsp3) is 0.370. The lowest BCUT2D eigenvalue weighted by Gasteiger charge is -2.42. The molecule has 1 aliphatic rings. The molecule has 2 atom stereocenters. The van der Waals surface area contributed by atoms with Gasteiger partial charge in [0.05, 0.1) is 6.04 Å². The Morgan fingerprint density at radius 3 is 2.53 bits per heavy atom. The van der Waals surface area contributed by atoms with Gasteiger partial charge in [0.15, 0.2) is 0 Å². The number of amides is 1. The molecule has 0 saturated carbocycles. The van der Waals surface area contributed by atoms with Gasteiger partial charge in [-0.05, 0) is 85.4 Å². The quantitative estimate of drug-likeness (QED) is 0.492. The van der Waals surface area contributed by atoms with Gasteiger partial charge in [0.1, 0.15) is 5.82 Å². The molecule has 0 bridgehead atoms. The number of piperidine rings is 1. The summed E-state index contributed by atoms with van der Waals surface area (Å²) >= 11 is 6.36. The summed E-state index contributed by atoms with van der Waals surface area (Å²) in [6.07, 6.45) is 1.58. The van der Waals surface area contributed by atoms with E-state index < -0.39 is 5.41 Å². The molecule has 1 amide bonds. The monoisotopic (exact) mass is 452 g/mol. The molecule has 2 unspecified atom stereocenters. The van der Waals surface area contributed by atoms with Crippen molar-refractivity contribution in [2.24, 2.45) is 5.92 Å². The lowest BCUT2D eigenvalue weighted by molar-refractivity contribution is -0.127. The molecule has 2 N–H and O–H groups in total. The van der Waals surface area contributed by atoms with Crippen molar-refractivity contribution in [3.63, 3.8) is 0 Å². The third kappa shape index (κ3) is 4.26. The van der Waals surface area contributed by atoms with E-state index in [0.717, 1.165) is 47.8 Å². The second-order valence-corrected chi connectivity index (χ2v) is 9.47. The van der Waals surface area contributed by atoms with Crippen molar-refractivity contribution >= 4 is 28.3 Å². The minimum atomic E-state index is -0.403. The maximum Gasteiger partial charge on any atom is 0.224 e. The van der Waals surface area contributed by atoms with E-state index in [4.69, 9.17) is 11.6 Å². The highest BCUT2D eigenvalue weighted by atomic mass is 35.5. The molecular weight excluding hydrogens is 423 g/mol. The van der Waals surface area contributed by atoms with E-state index in [2.05, 4.69) is 16.7 Å². The number of fused-ring (bicyclic) bond motifs is 1. The van der Waals surface area contributed by atoms with Gasteiger partial charge in [0, 0.05) is 16.4 Å². The number of carbonyl (C=O) groups excluding carboxylic acids is 1. The standard InChI is InChI=1S/C27H30ClFN2O/c1-17-8-9-21(15-25(17)29)27(10-12-30-13-11-27)18(2)26(32)31-19(3)24-16-22(28)14-20-6-4-5-7-23(20)24/h4-9,14-16,18-19,30H,10-13H2,1-3H3,(H,31,32). The smallest absolute Gasteiger partial charge is 0.224 e. The van der Waals surface area contributed by atoms with Gasteiger partial charge >= 0.3 is 0 Å². The van der Waals surface area contributed by atoms with Gasteiger partial charge in [-0.3, -0.25) is 4.79 Å². The van der Waals surface area contributed by atoms with Crippen molar-refractivity contribution in [2.45, 2.75) is 45.1 Å². The number of hydrogen-bond donors (Lipinski definition) is 2. The fourth-order valence-corrected chi connectivity index (χ4v) is 5.31. The molecule has 3 nitrogen and oxygen atoms in total. The minimum Gasteiger partial charge on any atom is -0.349 e. The van der Waals surface area contributed by atoms with Crippen LogP contribution < -0.4 is 10.6 Å². The maximum absolute atomic E-state index is 14.5. The highest BCUT2D eigenvalue weighted by Crippen LogP contribution is 2.41. The molecule has 0 spiro atoms. The van der Waals surface area contributed by atoms with Gasteiger partial charge in [0.25, 0.3) is 0 Å². The second kappa shape index (κ2) is 9.21. The average Bonchev–Trinajstić information content (AvgIpc) is 2.80. The lowest BCUT2D eigenvalue weighted by atomic mass is 9.64. The number of benzene rings is 3. The zero-order chi connectivity index (χ0) is 22.9. The number of nitrogens with one attached hydrogen (secondary N) is 2. The van der Waals surface area contributed by atoms with E-state index in [-0.39, 0.29) is 23.7 Å². The summed E-state index contributed by atoms with van der Waals surface area (Å²) in [5.74, 6) is -0.546. The van der Waals surface area contributed by atoms with Crippen LogP contribution in [0.2, 0.25) is 5.02 Å². The zero-order valence-corrected chi connectivity index (χ0v) is 19.6. The van der Waals surface area contributed by atoms with Crippen LogP contribution in [0.15, 0.2) is 54.6 Å². The van der Waals surface area contributed by atoms with Crippen molar-refractivity contribution in [1.82, 2.24) is 10.6 Å². The summed E-state index contributed by atoms with van der Waals surface area (Å²) in [6, 6.07) is 17.1. The third-order valence-corrected chi connectivity index (χ3v) is 7.37. The maximum atomic E-state index is 14.5. The molecule has 1 fully saturated rings. The molecule has 3 aromatic carbocycles. The first-order valence-corrected chi connectivity index (χ1v) is 11.7. The topological polar surface area (TPSA) is 41.1 Å². The first-order chi connectivity index (χ1) is 15.3. The van der Waals surface area contributed by atoms with Crippen LogP contribution in [-0.2, 0) is 10.2 Å². The summed E-state index contributed by atoms with van der Waals surface area (Å²) < 4.78 is 14.5. The van der Waals surface area contributed by atoms with E-state index in [9.17, 15) is 9.18 Å². The normalized spacial score (nSPS) is 17.7. The fourth-order valence-electron chi connectivity index (χ4n) is 5.07. The molecule has 168 valence electrons. The van der Waals surface area contributed by atoms with Gasteiger partial charge in [0.2, 0.25) is 5.91 Å². The van der Waals surface area contributed by atoms with Gasteiger partial charge in [-0.15, -0.1) is 0 Å². The van der Waals surface area contributed by atoms with Crippen molar-refractivity contribution in [1.29, 1.82) is 0 Å². The number of aryl methyl sites for hydroxylation is 1. The molecule has 1 aliphatic heterocycles. The summed E-state index contributed by atoms with van der Waals surface area (Å²) in [6.45, 7) is 7.34. The number of carbonyl (C=O) groups is 1. The van der Waals surface area contributed by atoms with Crippen molar-refractivity contribution in [3.05, 3.63) is 82.1 Å². The Hall–Kier alpha value is -2.43. The molecule has 4 rings (SSSR count). The van der Waals surface area contributed by atoms with Crippen LogP contribution in [0.4, 0.5) is 4.39 Å². The highest BCUT2D eigenvalue weighted by molar-refractivity contribution is 6.31. The van der Waals surface area contributed by atoms with Crippen LogP contribution in [0.5, 0.6) is 0 Å². The van der Waals surface area contributed by atoms with Gasteiger partial charge in [-0.1, -0.05) is 54.9 Å².